The molecule has 1 N–H and O–H groups in total. The van der Waals surface area contributed by atoms with Gasteiger partial charge < -0.3 is 9.47 Å². The predicted molar refractivity (Wildman–Crippen MR) is 90.7 cm³/mol. The molecule has 0 aliphatic carbocycles. The molecule has 2 aromatic carbocycles. The molecular formula is C17H17ClN2O3. The number of carbonyl (C=O) groups excluding carboxylic acids is 1. The first kappa shape index (κ1) is 16.8. The number of benzene rings is 2. The van der Waals surface area contributed by atoms with Gasteiger partial charge in [-0.05, 0) is 37.3 Å². The van der Waals surface area contributed by atoms with Crippen molar-refractivity contribution < 1.29 is 14.3 Å². The summed E-state index contributed by atoms with van der Waals surface area (Å²) in [6.45, 7) is 1.79. The van der Waals surface area contributed by atoms with Crippen molar-refractivity contribution in [2.75, 3.05) is 14.2 Å². The largest absolute Gasteiger partial charge is 0.493 e. The molecule has 0 unspecified atom stereocenters. The Hall–Kier alpha value is -2.53. The minimum absolute atomic E-state index is 0.365. The van der Waals surface area contributed by atoms with E-state index in [9.17, 15) is 4.79 Å². The molecule has 0 atom stereocenters. The average molecular weight is 333 g/mol. The Morgan fingerprint density at radius 1 is 1.09 bits per heavy atom. The Morgan fingerprint density at radius 2 is 1.78 bits per heavy atom. The molecule has 2 rings (SSSR count). The van der Waals surface area contributed by atoms with E-state index < -0.39 is 0 Å². The van der Waals surface area contributed by atoms with Crippen LogP contribution in [0.4, 0.5) is 0 Å². The number of hydrogen-bond acceptors (Lipinski definition) is 4. The van der Waals surface area contributed by atoms with Crippen LogP contribution in [0.3, 0.4) is 0 Å². The number of carbonyl (C=O) groups is 1. The van der Waals surface area contributed by atoms with Gasteiger partial charge in [-0.25, -0.2) is 5.43 Å². The van der Waals surface area contributed by atoms with Gasteiger partial charge in [0.25, 0.3) is 5.91 Å². The molecule has 0 spiro atoms. The fourth-order valence-electron chi connectivity index (χ4n) is 1.97. The molecule has 0 bridgehead atoms. The van der Waals surface area contributed by atoms with Crippen molar-refractivity contribution in [1.29, 1.82) is 0 Å². The van der Waals surface area contributed by atoms with Crippen LogP contribution in [-0.2, 0) is 0 Å². The zero-order chi connectivity index (χ0) is 16.8. The highest BCUT2D eigenvalue weighted by Crippen LogP contribution is 2.27. The van der Waals surface area contributed by atoms with Gasteiger partial charge in [0.15, 0.2) is 11.5 Å². The highest BCUT2D eigenvalue weighted by Gasteiger charge is 2.10. The zero-order valence-corrected chi connectivity index (χ0v) is 13.8. The molecule has 6 heteroatoms. The van der Waals surface area contributed by atoms with Gasteiger partial charge in [0.05, 0.1) is 30.5 Å². The van der Waals surface area contributed by atoms with Crippen molar-refractivity contribution in [2.45, 2.75) is 6.92 Å². The molecule has 5 nitrogen and oxygen atoms in total. The van der Waals surface area contributed by atoms with Crippen LogP contribution >= 0.6 is 11.6 Å². The van der Waals surface area contributed by atoms with E-state index in [-0.39, 0.29) is 5.91 Å². The van der Waals surface area contributed by atoms with Crippen LogP contribution in [0.25, 0.3) is 0 Å². The third kappa shape index (κ3) is 4.02. The second-order valence-electron chi connectivity index (χ2n) is 4.69. The fraction of sp³-hybridized carbons (Fsp3) is 0.176. The summed E-state index contributed by atoms with van der Waals surface area (Å²) in [4.78, 5) is 12.1. The number of rotatable bonds is 5. The van der Waals surface area contributed by atoms with Crippen LogP contribution in [0.1, 0.15) is 22.8 Å². The Kier molecular flexibility index (Phi) is 5.60. The first-order valence-electron chi connectivity index (χ1n) is 6.88. The van der Waals surface area contributed by atoms with Crippen molar-refractivity contribution in [2.24, 2.45) is 5.10 Å². The summed E-state index contributed by atoms with van der Waals surface area (Å²) in [6, 6.07) is 12.2. The van der Waals surface area contributed by atoms with E-state index in [1.54, 1.807) is 57.5 Å². The summed E-state index contributed by atoms with van der Waals surface area (Å²) in [7, 11) is 3.13. The lowest BCUT2D eigenvalue weighted by Crippen LogP contribution is -2.19. The number of nitrogens with one attached hydrogen (secondary N) is 1. The minimum Gasteiger partial charge on any atom is -0.493 e. The smallest absolute Gasteiger partial charge is 0.272 e. The van der Waals surface area contributed by atoms with Crippen LogP contribution in [0.2, 0.25) is 5.02 Å². The normalized spacial score (nSPS) is 11.0. The van der Waals surface area contributed by atoms with Crippen molar-refractivity contribution in [3.63, 3.8) is 0 Å². The summed E-state index contributed by atoms with van der Waals surface area (Å²) in [5.41, 5.74) is 4.31. The molecule has 2 aromatic rings. The molecule has 0 aromatic heterocycles. The number of nitrogens with zero attached hydrogens (tertiary/aromatic N) is 1. The Labute approximate surface area is 139 Å². The van der Waals surface area contributed by atoms with Gasteiger partial charge in [-0.2, -0.15) is 5.10 Å². The topological polar surface area (TPSA) is 59.9 Å². The van der Waals surface area contributed by atoms with Crippen molar-refractivity contribution in [3.05, 3.63) is 58.6 Å². The molecule has 0 radical (unpaired) electrons. The molecule has 0 aliphatic heterocycles. The van der Waals surface area contributed by atoms with Crippen LogP contribution < -0.4 is 14.9 Å². The van der Waals surface area contributed by atoms with E-state index in [1.165, 1.54) is 0 Å². The second kappa shape index (κ2) is 7.65. The molecule has 0 heterocycles. The molecule has 120 valence electrons. The van der Waals surface area contributed by atoms with E-state index in [1.807, 2.05) is 6.07 Å². The number of amides is 1. The van der Waals surface area contributed by atoms with Gasteiger partial charge in [0.1, 0.15) is 0 Å². The molecule has 0 aliphatic rings. The fourth-order valence-corrected chi connectivity index (χ4v) is 2.19. The summed E-state index contributed by atoms with van der Waals surface area (Å²) < 4.78 is 10.4. The molecule has 0 saturated carbocycles. The van der Waals surface area contributed by atoms with Gasteiger partial charge in [-0.15, -0.1) is 0 Å². The molecule has 1 amide bonds. The van der Waals surface area contributed by atoms with E-state index in [4.69, 9.17) is 21.1 Å². The van der Waals surface area contributed by atoms with Crippen LogP contribution in [-0.4, -0.2) is 25.8 Å². The Bertz CT molecular complexity index is 744. The second-order valence-corrected chi connectivity index (χ2v) is 5.09. The summed E-state index contributed by atoms with van der Waals surface area (Å²) in [5, 5.41) is 4.48. The third-order valence-corrected chi connectivity index (χ3v) is 3.57. The van der Waals surface area contributed by atoms with Crippen LogP contribution in [0.15, 0.2) is 47.6 Å². The lowest BCUT2D eigenvalue weighted by Gasteiger charge is -2.09. The van der Waals surface area contributed by atoms with E-state index in [0.717, 1.165) is 5.56 Å². The lowest BCUT2D eigenvalue weighted by atomic mass is 10.1. The SMILES string of the molecule is COc1ccc(/C(C)=N/NC(=O)c2ccccc2Cl)cc1OC. The monoisotopic (exact) mass is 332 g/mol. The average Bonchev–Trinajstić information content (AvgIpc) is 2.59. The molecule has 0 fully saturated rings. The maximum absolute atomic E-state index is 12.1. The number of halogens is 1. The van der Waals surface area contributed by atoms with Crippen LogP contribution in [0, 0.1) is 0 Å². The standard InChI is InChI=1S/C17H17ClN2O3/c1-11(12-8-9-15(22-2)16(10-12)23-3)19-20-17(21)13-6-4-5-7-14(13)18/h4-10H,1-3H3,(H,20,21)/b19-11+. The first-order valence-corrected chi connectivity index (χ1v) is 7.26. The highest BCUT2D eigenvalue weighted by molar-refractivity contribution is 6.33. The quantitative estimate of drug-likeness (QED) is 0.673. The maximum atomic E-state index is 12.1. The van der Waals surface area contributed by atoms with Gasteiger partial charge in [0, 0.05) is 5.56 Å². The predicted octanol–water partition coefficient (Wildman–Crippen LogP) is 3.51. The number of methoxy groups -OCH3 is 2. The number of hydrazone groups is 1. The van der Waals surface area contributed by atoms with Gasteiger partial charge >= 0.3 is 0 Å². The zero-order valence-electron chi connectivity index (χ0n) is 13.1. The van der Waals surface area contributed by atoms with E-state index in [2.05, 4.69) is 10.5 Å². The van der Waals surface area contributed by atoms with Crippen molar-refractivity contribution >= 4 is 23.2 Å². The first-order chi connectivity index (χ1) is 11.1. The van der Waals surface area contributed by atoms with Crippen LogP contribution in [0.5, 0.6) is 11.5 Å². The number of ether oxygens (including phenoxy) is 2. The van der Waals surface area contributed by atoms with Gasteiger partial charge in [-0.3, -0.25) is 4.79 Å². The van der Waals surface area contributed by atoms with Gasteiger partial charge in [0.2, 0.25) is 0 Å². The Balaban J connectivity index is 2.17. The summed E-state index contributed by atoms with van der Waals surface area (Å²) in [5.74, 6) is 0.858. The van der Waals surface area contributed by atoms with Crippen molar-refractivity contribution in [1.82, 2.24) is 5.43 Å². The third-order valence-electron chi connectivity index (χ3n) is 3.24. The highest BCUT2D eigenvalue weighted by atomic mass is 35.5. The summed E-state index contributed by atoms with van der Waals surface area (Å²) >= 11 is 5.98. The minimum atomic E-state index is -0.365. The number of hydrogen-bond donors (Lipinski definition) is 1. The van der Waals surface area contributed by atoms with Crippen molar-refractivity contribution in [3.8, 4) is 11.5 Å². The molecule has 0 saturated heterocycles. The Morgan fingerprint density at radius 3 is 2.43 bits per heavy atom. The lowest BCUT2D eigenvalue weighted by molar-refractivity contribution is 0.0955. The van der Waals surface area contributed by atoms with E-state index >= 15 is 0 Å². The summed E-state index contributed by atoms with van der Waals surface area (Å²) in [6.07, 6.45) is 0. The van der Waals surface area contributed by atoms with Gasteiger partial charge in [-0.1, -0.05) is 23.7 Å². The maximum Gasteiger partial charge on any atom is 0.272 e. The molecule has 23 heavy (non-hydrogen) atoms. The molecular weight excluding hydrogens is 316 g/mol. The van der Waals surface area contributed by atoms with E-state index in [0.29, 0.717) is 27.8 Å².